The van der Waals surface area contributed by atoms with Crippen LogP contribution in [0.4, 0.5) is 0 Å². The number of likely N-dealkylation sites (N-methyl/N-ethyl adjacent to an activating group) is 1. The molecule has 0 radical (unpaired) electrons. The third-order valence-corrected chi connectivity index (χ3v) is 5.96. The number of carboxylic acid groups (broad SMARTS) is 1. The summed E-state index contributed by atoms with van der Waals surface area (Å²) in [6, 6.07) is 6.64. The molecule has 0 fully saturated rings. The van der Waals surface area contributed by atoms with Crippen molar-refractivity contribution in [1.29, 1.82) is 0 Å². The molecule has 0 saturated heterocycles. The van der Waals surface area contributed by atoms with E-state index >= 15 is 0 Å². The number of carboxylic acids is 1. The van der Waals surface area contributed by atoms with E-state index in [0.29, 0.717) is 16.9 Å². The SMILES string of the molecule is CN(C1CCS(=O)(=O)c2ccccc21)C(C)(C)C(=O)O. The smallest absolute Gasteiger partial charge is 0.323 e. The highest BCUT2D eigenvalue weighted by Crippen LogP contribution is 2.38. The zero-order chi connectivity index (χ0) is 15.1. The number of nitrogens with zero attached hydrogens (tertiary/aromatic N) is 1. The summed E-state index contributed by atoms with van der Waals surface area (Å²) in [6.45, 7) is 3.25. The van der Waals surface area contributed by atoms with Gasteiger partial charge in [0.1, 0.15) is 5.54 Å². The van der Waals surface area contributed by atoms with Gasteiger partial charge >= 0.3 is 5.97 Å². The third-order valence-electron chi connectivity index (χ3n) is 4.15. The Kier molecular flexibility index (Phi) is 3.64. The molecule has 1 N–H and O–H groups in total. The van der Waals surface area contributed by atoms with Crippen molar-refractivity contribution in [3.05, 3.63) is 29.8 Å². The van der Waals surface area contributed by atoms with Crippen molar-refractivity contribution in [3.63, 3.8) is 0 Å². The third kappa shape index (κ3) is 2.33. The van der Waals surface area contributed by atoms with Gasteiger partial charge in [-0.2, -0.15) is 0 Å². The minimum Gasteiger partial charge on any atom is -0.480 e. The van der Waals surface area contributed by atoms with Crippen LogP contribution in [-0.4, -0.2) is 42.7 Å². The number of benzene rings is 1. The van der Waals surface area contributed by atoms with E-state index in [0.717, 1.165) is 0 Å². The predicted molar refractivity (Wildman–Crippen MR) is 75.3 cm³/mol. The summed E-state index contributed by atoms with van der Waals surface area (Å²) in [5.41, 5.74) is -0.366. The van der Waals surface area contributed by atoms with Crippen LogP contribution in [0.1, 0.15) is 31.9 Å². The van der Waals surface area contributed by atoms with E-state index in [9.17, 15) is 18.3 Å². The number of aliphatic carboxylic acids is 1. The molecule has 6 heteroatoms. The molecule has 0 amide bonds. The fraction of sp³-hybridized carbons (Fsp3) is 0.500. The van der Waals surface area contributed by atoms with E-state index in [1.54, 1.807) is 50.1 Å². The lowest BCUT2D eigenvalue weighted by Crippen LogP contribution is -2.50. The van der Waals surface area contributed by atoms with E-state index in [1.807, 2.05) is 0 Å². The molecule has 0 aromatic heterocycles. The molecule has 2 rings (SSSR count). The van der Waals surface area contributed by atoms with Crippen molar-refractivity contribution < 1.29 is 18.3 Å². The summed E-state index contributed by atoms with van der Waals surface area (Å²) in [5, 5.41) is 9.33. The van der Waals surface area contributed by atoms with Crippen molar-refractivity contribution >= 4 is 15.8 Å². The van der Waals surface area contributed by atoms with Gasteiger partial charge in [0, 0.05) is 6.04 Å². The Labute approximate surface area is 119 Å². The van der Waals surface area contributed by atoms with Gasteiger partial charge in [0.05, 0.1) is 10.6 Å². The number of hydrogen-bond donors (Lipinski definition) is 1. The molecule has 1 aromatic rings. The van der Waals surface area contributed by atoms with Crippen molar-refractivity contribution in [3.8, 4) is 0 Å². The second-order valence-electron chi connectivity index (χ2n) is 5.64. The quantitative estimate of drug-likeness (QED) is 0.919. The highest BCUT2D eigenvalue weighted by atomic mass is 32.2. The first kappa shape index (κ1) is 15.0. The molecular formula is C14H19NO4S. The van der Waals surface area contributed by atoms with Gasteiger partial charge in [-0.05, 0) is 38.9 Å². The van der Waals surface area contributed by atoms with Gasteiger partial charge in [-0.15, -0.1) is 0 Å². The molecule has 20 heavy (non-hydrogen) atoms. The highest BCUT2D eigenvalue weighted by Gasteiger charge is 2.40. The second kappa shape index (κ2) is 4.86. The van der Waals surface area contributed by atoms with Crippen LogP contribution in [0.3, 0.4) is 0 Å². The van der Waals surface area contributed by atoms with Crippen LogP contribution >= 0.6 is 0 Å². The Morgan fingerprint density at radius 1 is 1.35 bits per heavy atom. The fourth-order valence-corrected chi connectivity index (χ4v) is 4.12. The van der Waals surface area contributed by atoms with Crippen LogP contribution in [-0.2, 0) is 14.6 Å². The van der Waals surface area contributed by atoms with Gasteiger partial charge in [-0.3, -0.25) is 9.69 Å². The van der Waals surface area contributed by atoms with Gasteiger partial charge in [0.2, 0.25) is 0 Å². The molecule has 1 atom stereocenters. The summed E-state index contributed by atoms with van der Waals surface area (Å²) in [6.07, 6.45) is 0.409. The highest BCUT2D eigenvalue weighted by molar-refractivity contribution is 7.91. The predicted octanol–water partition coefficient (Wildman–Crippen LogP) is 1.70. The number of sulfone groups is 1. The van der Waals surface area contributed by atoms with E-state index in [1.165, 1.54) is 0 Å². The first-order valence-electron chi connectivity index (χ1n) is 6.46. The maximum absolute atomic E-state index is 12.1. The molecule has 0 saturated carbocycles. The fourth-order valence-electron chi connectivity index (χ4n) is 2.51. The van der Waals surface area contributed by atoms with Gasteiger partial charge in [-0.25, -0.2) is 8.42 Å². The van der Waals surface area contributed by atoms with E-state index in [2.05, 4.69) is 0 Å². The molecule has 5 nitrogen and oxygen atoms in total. The Bertz CT molecular complexity index is 636. The van der Waals surface area contributed by atoms with Crippen LogP contribution in [0, 0.1) is 0 Å². The zero-order valence-electron chi connectivity index (χ0n) is 11.8. The molecule has 0 bridgehead atoms. The molecule has 0 spiro atoms. The maximum atomic E-state index is 12.1. The van der Waals surface area contributed by atoms with Gasteiger partial charge in [-0.1, -0.05) is 18.2 Å². The minimum absolute atomic E-state index is 0.0503. The molecule has 0 aliphatic carbocycles. The van der Waals surface area contributed by atoms with E-state index < -0.39 is 21.3 Å². The van der Waals surface area contributed by atoms with E-state index in [-0.39, 0.29) is 11.8 Å². The summed E-state index contributed by atoms with van der Waals surface area (Å²) < 4.78 is 24.2. The van der Waals surface area contributed by atoms with Gasteiger partial charge in [0.25, 0.3) is 0 Å². The van der Waals surface area contributed by atoms with Crippen LogP contribution < -0.4 is 0 Å². The summed E-state index contributed by atoms with van der Waals surface area (Å²) in [7, 11) is -1.52. The Morgan fingerprint density at radius 2 is 1.95 bits per heavy atom. The lowest BCUT2D eigenvalue weighted by molar-refractivity contribution is -0.150. The van der Waals surface area contributed by atoms with Gasteiger partial charge < -0.3 is 5.11 Å². The Morgan fingerprint density at radius 3 is 2.55 bits per heavy atom. The number of fused-ring (bicyclic) bond motifs is 1. The second-order valence-corrected chi connectivity index (χ2v) is 7.71. The lowest BCUT2D eigenvalue weighted by Gasteiger charge is -2.40. The molecule has 110 valence electrons. The molecule has 1 aliphatic rings. The van der Waals surface area contributed by atoms with Gasteiger partial charge in [0.15, 0.2) is 9.84 Å². The average molecular weight is 297 g/mol. The number of carbonyl (C=O) groups is 1. The molecule has 1 heterocycles. The largest absolute Gasteiger partial charge is 0.480 e. The molecule has 1 aromatic carbocycles. The first-order chi connectivity index (χ1) is 9.18. The maximum Gasteiger partial charge on any atom is 0.323 e. The number of hydrogen-bond acceptors (Lipinski definition) is 4. The number of rotatable bonds is 3. The summed E-state index contributed by atoms with van der Waals surface area (Å²) in [4.78, 5) is 13.4. The van der Waals surface area contributed by atoms with Crippen molar-refractivity contribution in [2.24, 2.45) is 0 Å². The van der Waals surface area contributed by atoms with Crippen LogP contribution in [0.25, 0.3) is 0 Å². The lowest BCUT2D eigenvalue weighted by atomic mass is 9.95. The topological polar surface area (TPSA) is 74.7 Å². The summed E-state index contributed by atoms with van der Waals surface area (Å²) in [5.74, 6) is -0.875. The minimum atomic E-state index is -3.25. The van der Waals surface area contributed by atoms with Crippen molar-refractivity contribution in [2.75, 3.05) is 12.8 Å². The Balaban J connectivity index is 2.49. The van der Waals surface area contributed by atoms with Crippen molar-refractivity contribution in [1.82, 2.24) is 4.90 Å². The van der Waals surface area contributed by atoms with Crippen molar-refractivity contribution in [2.45, 2.75) is 36.7 Å². The zero-order valence-corrected chi connectivity index (χ0v) is 12.6. The van der Waals surface area contributed by atoms with Crippen LogP contribution in [0.5, 0.6) is 0 Å². The van der Waals surface area contributed by atoms with Crippen LogP contribution in [0.2, 0.25) is 0 Å². The Hall–Kier alpha value is -1.40. The van der Waals surface area contributed by atoms with E-state index in [4.69, 9.17) is 0 Å². The standard InChI is InChI=1S/C14H19NO4S/c1-14(2,13(16)17)15(3)11-8-9-20(18,19)12-7-5-4-6-10(11)12/h4-7,11H,8-9H2,1-3H3,(H,16,17). The van der Waals surface area contributed by atoms with Crippen LogP contribution in [0.15, 0.2) is 29.2 Å². The first-order valence-corrected chi connectivity index (χ1v) is 8.11. The molecule has 1 aliphatic heterocycles. The summed E-state index contributed by atoms with van der Waals surface area (Å²) >= 11 is 0. The monoisotopic (exact) mass is 297 g/mol. The average Bonchev–Trinajstić information content (AvgIpc) is 2.38. The normalized spacial score (nSPS) is 21.5. The molecule has 1 unspecified atom stereocenters. The molecular weight excluding hydrogens is 278 g/mol.